The van der Waals surface area contributed by atoms with Crippen LogP contribution in [0.2, 0.25) is 0 Å². The van der Waals surface area contributed by atoms with Crippen LogP contribution in [-0.4, -0.2) is 25.8 Å². The van der Waals surface area contributed by atoms with Gasteiger partial charge < -0.3 is 18.2 Å². The molecule has 1 aromatic heterocycles. The van der Waals surface area contributed by atoms with Crippen LogP contribution in [0.3, 0.4) is 0 Å². The van der Waals surface area contributed by atoms with Crippen molar-refractivity contribution in [3.63, 3.8) is 0 Å². The van der Waals surface area contributed by atoms with Crippen LogP contribution in [0.5, 0.6) is 0 Å². The molecule has 0 aliphatic carbocycles. The molecular weight excluding hydrogens is 353 g/mol. The summed E-state index contributed by atoms with van der Waals surface area (Å²) >= 11 is 1.01. The first-order chi connectivity index (χ1) is 11.5. The Morgan fingerprint density at radius 2 is 1.96 bits per heavy atom. The molecule has 1 heterocycles. The number of thiocyanates is 1. The monoisotopic (exact) mass is 373 g/mol. The highest BCUT2D eigenvalue weighted by Gasteiger charge is 2.34. The molecule has 1 aromatic rings. The van der Waals surface area contributed by atoms with Crippen LogP contribution < -0.4 is 0 Å². The number of furan rings is 1. The SMILES string of the molecule is CCOC(=O)C=C(c1ccc(CSC#N)o1)P(=O)(OCC)OCC. The van der Waals surface area contributed by atoms with Crippen LogP contribution in [0.25, 0.3) is 5.31 Å². The predicted molar refractivity (Wildman–Crippen MR) is 91.1 cm³/mol. The lowest BCUT2D eigenvalue weighted by molar-refractivity contribution is -0.137. The molecule has 24 heavy (non-hydrogen) atoms. The maximum absolute atomic E-state index is 13.0. The Bertz CT molecular complexity index is 653. The minimum Gasteiger partial charge on any atom is -0.463 e. The Kier molecular flexibility index (Phi) is 8.87. The lowest BCUT2D eigenvalue weighted by Crippen LogP contribution is -2.04. The van der Waals surface area contributed by atoms with E-state index in [0.717, 1.165) is 17.8 Å². The normalized spacial score (nSPS) is 12.0. The van der Waals surface area contributed by atoms with Crippen LogP contribution in [0.4, 0.5) is 0 Å². The van der Waals surface area contributed by atoms with Gasteiger partial charge in [0.05, 0.1) is 25.6 Å². The maximum atomic E-state index is 13.0. The Balaban J connectivity index is 3.27. The van der Waals surface area contributed by atoms with Crippen molar-refractivity contribution in [2.75, 3.05) is 19.8 Å². The van der Waals surface area contributed by atoms with E-state index >= 15 is 0 Å². The van der Waals surface area contributed by atoms with Crippen LogP contribution in [0.1, 0.15) is 32.3 Å². The number of esters is 1. The molecule has 1 rings (SSSR count). The topological polar surface area (TPSA) is 98.8 Å². The van der Waals surface area contributed by atoms with E-state index in [1.54, 1.807) is 32.9 Å². The molecule has 0 aliphatic heterocycles. The van der Waals surface area contributed by atoms with Gasteiger partial charge in [-0.1, -0.05) is 0 Å². The van der Waals surface area contributed by atoms with Gasteiger partial charge >= 0.3 is 13.6 Å². The van der Waals surface area contributed by atoms with E-state index in [1.807, 2.05) is 5.40 Å². The molecule has 132 valence electrons. The van der Waals surface area contributed by atoms with Crippen molar-refractivity contribution in [3.8, 4) is 5.40 Å². The van der Waals surface area contributed by atoms with Gasteiger partial charge in [0.25, 0.3) is 0 Å². The summed E-state index contributed by atoms with van der Waals surface area (Å²) in [6.07, 6.45) is 1.07. The fourth-order valence-electron chi connectivity index (χ4n) is 1.79. The molecule has 7 nitrogen and oxygen atoms in total. The van der Waals surface area contributed by atoms with E-state index in [9.17, 15) is 9.36 Å². The molecule has 9 heteroatoms. The summed E-state index contributed by atoms with van der Waals surface area (Å²) in [5.41, 5.74) is 0. The lowest BCUT2D eigenvalue weighted by Gasteiger charge is -2.18. The Morgan fingerprint density at radius 3 is 2.50 bits per heavy atom. The molecule has 0 fully saturated rings. The van der Waals surface area contributed by atoms with Crippen LogP contribution in [0.15, 0.2) is 22.6 Å². The van der Waals surface area contributed by atoms with Crippen LogP contribution >= 0.6 is 19.4 Å². The van der Waals surface area contributed by atoms with Crippen molar-refractivity contribution >= 4 is 30.6 Å². The van der Waals surface area contributed by atoms with Gasteiger partial charge in [-0.25, -0.2) is 4.79 Å². The summed E-state index contributed by atoms with van der Waals surface area (Å²) in [5.74, 6) is 0.348. The first kappa shape index (κ1) is 20.5. The quantitative estimate of drug-likeness (QED) is 0.261. The highest BCUT2D eigenvalue weighted by atomic mass is 32.2. The first-order valence-corrected chi connectivity index (χ1v) is 9.91. The maximum Gasteiger partial charge on any atom is 0.365 e. The number of thioether (sulfide) groups is 1. The van der Waals surface area contributed by atoms with Crippen molar-refractivity contribution in [1.82, 2.24) is 0 Å². The summed E-state index contributed by atoms with van der Waals surface area (Å²) in [7, 11) is -3.75. The summed E-state index contributed by atoms with van der Waals surface area (Å²) in [6, 6.07) is 3.20. The second-order valence-corrected chi connectivity index (χ2v) is 7.01. The predicted octanol–water partition coefficient (Wildman–Crippen LogP) is 4.16. The van der Waals surface area contributed by atoms with Crippen molar-refractivity contribution < 1.29 is 27.6 Å². The molecule has 0 spiro atoms. The average Bonchev–Trinajstić information content (AvgIpc) is 2.99. The van der Waals surface area contributed by atoms with E-state index in [0.29, 0.717) is 11.5 Å². The summed E-state index contributed by atoms with van der Waals surface area (Å²) in [5, 5.41) is 10.5. The molecule has 0 saturated heterocycles. The zero-order chi connectivity index (χ0) is 18.0. The van der Waals surface area contributed by atoms with E-state index < -0.39 is 13.6 Å². The van der Waals surface area contributed by atoms with Gasteiger partial charge in [0.1, 0.15) is 22.2 Å². The van der Waals surface area contributed by atoms with Gasteiger partial charge in [-0.05, 0) is 44.7 Å². The van der Waals surface area contributed by atoms with E-state index in [-0.39, 0.29) is 30.9 Å². The summed E-state index contributed by atoms with van der Waals surface area (Å²) in [6.45, 7) is 5.46. The third-order valence-electron chi connectivity index (χ3n) is 2.63. The fourth-order valence-corrected chi connectivity index (χ4v) is 3.84. The Labute approximate surface area is 145 Å². The van der Waals surface area contributed by atoms with Crippen LogP contribution in [-0.2, 0) is 28.9 Å². The second-order valence-electron chi connectivity index (χ2n) is 4.26. The van der Waals surface area contributed by atoms with Gasteiger partial charge in [-0.15, -0.1) is 0 Å². The molecule has 0 saturated carbocycles. The van der Waals surface area contributed by atoms with Gasteiger partial charge in [0.15, 0.2) is 0 Å². The highest BCUT2D eigenvalue weighted by molar-refractivity contribution is 8.02. The number of nitriles is 1. The number of rotatable bonds is 10. The first-order valence-electron chi connectivity index (χ1n) is 7.38. The van der Waals surface area contributed by atoms with Gasteiger partial charge in [0, 0.05) is 6.08 Å². The molecule has 0 unspecified atom stereocenters. The zero-order valence-corrected chi connectivity index (χ0v) is 15.5. The third-order valence-corrected chi connectivity index (χ3v) is 5.32. The number of hydrogen-bond donors (Lipinski definition) is 0. The molecule has 0 aliphatic rings. The smallest absolute Gasteiger partial charge is 0.365 e. The molecular formula is C15H20NO6PS. The largest absolute Gasteiger partial charge is 0.463 e. The number of nitrogens with zero attached hydrogens (tertiary/aromatic N) is 1. The van der Waals surface area contributed by atoms with Crippen LogP contribution in [0, 0.1) is 10.7 Å². The lowest BCUT2D eigenvalue weighted by atomic mass is 10.4. The average molecular weight is 373 g/mol. The van der Waals surface area contributed by atoms with Crippen molar-refractivity contribution in [2.45, 2.75) is 26.5 Å². The molecule has 0 bridgehead atoms. The number of carbonyl (C=O) groups excluding carboxylic acids is 1. The number of carbonyl (C=O) groups is 1. The van der Waals surface area contributed by atoms with Gasteiger partial charge in [-0.2, -0.15) is 5.26 Å². The molecule has 0 aromatic carbocycles. The van der Waals surface area contributed by atoms with Crippen molar-refractivity contribution in [3.05, 3.63) is 29.7 Å². The van der Waals surface area contributed by atoms with E-state index in [4.69, 9.17) is 23.5 Å². The third kappa shape index (κ3) is 5.84. The van der Waals surface area contributed by atoms with Crippen molar-refractivity contribution in [1.29, 1.82) is 5.26 Å². The second kappa shape index (κ2) is 10.4. The Hall–Kier alpha value is -1.52. The number of ether oxygens (including phenoxy) is 1. The van der Waals surface area contributed by atoms with E-state index in [2.05, 4.69) is 0 Å². The van der Waals surface area contributed by atoms with Gasteiger partial charge in [0.2, 0.25) is 0 Å². The minimum atomic E-state index is -3.75. The molecule has 0 N–H and O–H groups in total. The zero-order valence-electron chi connectivity index (χ0n) is 13.8. The molecule has 0 atom stereocenters. The summed E-state index contributed by atoms with van der Waals surface area (Å²) < 4.78 is 34.1. The molecule has 0 radical (unpaired) electrons. The Morgan fingerprint density at radius 1 is 1.29 bits per heavy atom. The minimum absolute atomic E-state index is 0.00198. The van der Waals surface area contributed by atoms with Gasteiger partial charge in [-0.3, -0.25) is 4.57 Å². The highest BCUT2D eigenvalue weighted by Crippen LogP contribution is 2.60. The molecule has 0 amide bonds. The van der Waals surface area contributed by atoms with Crippen molar-refractivity contribution in [2.24, 2.45) is 0 Å². The summed E-state index contributed by atoms with van der Waals surface area (Å²) in [4.78, 5) is 11.8. The fraction of sp³-hybridized carbons (Fsp3) is 0.467. The number of hydrogen-bond acceptors (Lipinski definition) is 8. The van der Waals surface area contributed by atoms with E-state index in [1.165, 1.54) is 0 Å². The standard InChI is InChI=1S/C15H20NO6PS/c1-4-19-15(17)9-14(23(18,20-5-2)21-6-3)13-8-7-12(22-13)10-24-11-16/h7-9H,4-6,10H2,1-3H3.